The second kappa shape index (κ2) is 10.8. The van der Waals surface area contributed by atoms with Gasteiger partial charge in [-0.15, -0.1) is 0 Å². The molecule has 0 spiro atoms. The summed E-state index contributed by atoms with van der Waals surface area (Å²) in [4.78, 5) is 31.2. The second-order valence-electron chi connectivity index (χ2n) is 9.88. The maximum absolute atomic E-state index is 12.9. The number of fused-ring (bicyclic) bond motifs is 2. The standard InChI is InChI=1S/C27H32ClN5O3S/c1-17(2)26(36-27(35)29-3)33-22-16-21(28)18(14-19(22)15-24(33)34)8-9-31-10-12-32(13-11-31)25-20-6-4-5-7-23(20)37-30-25/h4-7,14,16-17,26H,8-13,15H2,1-3H3,(H,29,35). The van der Waals surface area contributed by atoms with Crippen molar-refractivity contribution in [2.75, 3.05) is 49.6 Å². The highest BCUT2D eigenvalue weighted by Gasteiger charge is 2.37. The molecule has 2 aromatic carbocycles. The number of carbonyl (C=O) groups is 2. The number of ether oxygens (including phenoxy) is 1. The van der Waals surface area contributed by atoms with Crippen LogP contribution in [0.25, 0.3) is 10.1 Å². The average Bonchev–Trinajstić information content (AvgIpc) is 3.46. The topological polar surface area (TPSA) is 78.0 Å². The Hall–Kier alpha value is -2.88. The van der Waals surface area contributed by atoms with Gasteiger partial charge in [-0.25, -0.2) is 4.79 Å². The molecule has 3 heterocycles. The van der Waals surface area contributed by atoms with Gasteiger partial charge in [0.1, 0.15) is 5.82 Å². The van der Waals surface area contributed by atoms with Crippen LogP contribution in [0.1, 0.15) is 25.0 Å². The Bertz CT molecular complexity index is 1300. The zero-order chi connectivity index (χ0) is 26.1. The Morgan fingerprint density at radius 3 is 2.68 bits per heavy atom. The number of alkyl carbamates (subject to hydrolysis) is 1. The van der Waals surface area contributed by atoms with E-state index in [9.17, 15) is 9.59 Å². The molecule has 37 heavy (non-hydrogen) atoms. The number of carbonyl (C=O) groups excluding carboxylic acids is 2. The van der Waals surface area contributed by atoms with Crippen LogP contribution in [0.3, 0.4) is 0 Å². The number of amides is 2. The summed E-state index contributed by atoms with van der Waals surface area (Å²) in [5, 5.41) is 4.33. The van der Waals surface area contributed by atoms with Crippen molar-refractivity contribution in [3.05, 3.63) is 52.5 Å². The predicted octanol–water partition coefficient (Wildman–Crippen LogP) is 4.54. The van der Waals surface area contributed by atoms with Crippen LogP contribution in [-0.4, -0.2) is 67.3 Å². The van der Waals surface area contributed by atoms with Gasteiger partial charge >= 0.3 is 6.09 Å². The maximum atomic E-state index is 12.9. The highest BCUT2D eigenvalue weighted by atomic mass is 35.5. The summed E-state index contributed by atoms with van der Waals surface area (Å²) in [5.74, 6) is 0.930. The lowest BCUT2D eigenvalue weighted by Crippen LogP contribution is -2.47. The minimum atomic E-state index is -0.693. The molecule has 1 saturated heterocycles. The van der Waals surface area contributed by atoms with Gasteiger partial charge in [-0.3, -0.25) is 14.6 Å². The maximum Gasteiger partial charge on any atom is 0.408 e. The Balaban J connectivity index is 1.23. The first-order valence-corrected chi connectivity index (χ1v) is 13.8. The number of aromatic nitrogens is 1. The zero-order valence-electron chi connectivity index (χ0n) is 21.4. The van der Waals surface area contributed by atoms with Gasteiger partial charge in [-0.1, -0.05) is 43.6 Å². The summed E-state index contributed by atoms with van der Waals surface area (Å²) in [7, 11) is 1.50. The molecule has 1 fully saturated rings. The molecule has 2 aliphatic heterocycles. The third kappa shape index (κ3) is 5.26. The Morgan fingerprint density at radius 1 is 1.19 bits per heavy atom. The average molecular weight is 542 g/mol. The molecule has 1 N–H and O–H groups in total. The first kappa shape index (κ1) is 25.8. The van der Waals surface area contributed by atoms with E-state index in [1.165, 1.54) is 17.1 Å². The Kier molecular flexibility index (Phi) is 7.55. The van der Waals surface area contributed by atoms with Crippen LogP contribution in [0, 0.1) is 5.92 Å². The fourth-order valence-electron chi connectivity index (χ4n) is 5.10. The molecule has 2 aliphatic rings. The molecule has 1 unspecified atom stereocenters. The quantitative estimate of drug-likeness (QED) is 0.473. The van der Waals surface area contributed by atoms with Crippen LogP contribution in [0.2, 0.25) is 5.02 Å². The molecule has 0 radical (unpaired) electrons. The van der Waals surface area contributed by atoms with Crippen LogP contribution in [-0.2, 0) is 22.4 Å². The lowest BCUT2D eigenvalue weighted by atomic mass is 10.0. The molecular weight excluding hydrogens is 510 g/mol. The lowest BCUT2D eigenvalue weighted by molar-refractivity contribution is -0.119. The second-order valence-corrected chi connectivity index (χ2v) is 11.1. The van der Waals surface area contributed by atoms with E-state index in [-0.39, 0.29) is 18.2 Å². The third-order valence-corrected chi connectivity index (χ3v) is 8.27. The molecule has 5 rings (SSSR count). The molecule has 2 amide bonds. The zero-order valence-corrected chi connectivity index (χ0v) is 22.9. The number of piperazine rings is 1. The van der Waals surface area contributed by atoms with Gasteiger partial charge in [-0.05, 0) is 47.3 Å². The number of halogens is 1. The number of benzene rings is 2. The Labute approximate surface area is 226 Å². The number of anilines is 2. The van der Waals surface area contributed by atoms with E-state index in [0.717, 1.165) is 61.8 Å². The molecule has 3 aromatic rings. The largest absolute Gasteiger partial charge is 0.425 e. The van der Waals surface area contributed by atoms with Gasteiger partial charge < -0.3 is 15.0 Å². The van der Waals surface area contributed by atoms with Crippen molar-refractivity contribution in [1.29, 1.82) is 0 Å². The van der Waals surface area contributed by atoms with Gasteiger partial charge in [-0.2, -0.15) is 4.37 Å². The molecule has 1 atom stereocenters. The van der Waals surface area contributed by atoms with E-state index in [0.29, 0.717) is 5.02 Å². The first-order valence-electron chi connectivity index (χ1n) is 12.7. The summed E-state index contributed by atoms with van der Waals surface area (Å²) in [6.45, 7) is 8.56. The molecule has 10 heteroatoms. The van der Waals surface area contributed by atoms with Crippen molar-refractivity contribution in [2.24, 2.45) is 5.92 Å². The van der Waals surface area contributed by atoms with Gasteiger partial charge in [0.15, 0.2) is 6.23 Å². The van der Waals surface area contributed by atoms with E-state index < -0.39 is 12.3 Å². The summed E-state index contributed by atoms with van der Waals surface area (Å²) in [6, 6.07) is 12.3. The molecule has 0 bridgehead atoms. The highest BCUT2D eigenvalue weighted by Crippen LogP contribution is 2.37. The van der Waals surface area contributed by atoms with Crippen molar-refractivity contribution in [1.82, 2.24) is 14.6 Å². The van der Waals surface area contributed by atoms with Gasteiger partial charge in [0.05, 0.1) is 16.8 Å². The van der Waals surface area contributed by atoms with E-state index in [1.807, 2.05) is 26.0 Å². The fraction of sp³-hybridized carbons (Fsp3) is 0.444. The summed E-state index contributed by atoms with van der Waals surface area (Å²) in [6.07, 6.45) is -0.171. The number of hydrogen-bond donors (Lipinski definition) is 1. The minimum absolute atomic E-state index is 0.0772. The van der Waals surface area contributed by atoms with E-state index in [4.69, 9.17) is 20.7 Å². The van der Waals surface area contributed by atoms with Crippen molar-refractivity contribution in [3.63, 3.8) is 0 Å². The van der Waals surface area contributed by atoms with Gasteiger partial charge in [0.2, 0.25) is 5.91 Å². The van der Waals surface area contributed by atoms with Crippen LogP contribution in [0.5, 0.6) is 0 Å². The summed E-state index contributed by atoms with van der Waals surface area (Å²) < 4.78 is 11.5. The summed E-state index contributed by atoms with van der Waals surface area (Å²) >= 11 is 8.27. The monoisotopic (exact) mass is 541 g/mol. The van der Waals surface area contributed by atoms with E-state index in [2.05, 4.69) is 39.4 Å². The fourth-order valence-corrected chi connectivity index (χ4v) is 6.14. The van der Waals surface area contributed by atoms with Crippen LogP contribution in [0.15, 0.2) is 36.4 Å². The number of nitrogens with zero attached hydrogens (tertiary/aromatic N) is 4. The number of hydrogen-bond acceptors (Lipinski definition) is 7. The van der Waals surface area contributed by atoms with Crippen molar-refractivity contribution in [2.45, 2.75) is 32.9 Å². The molecule has 8 nitrogen and oxygen atoms in total. The van der Waals surface area contributed by atoms with Crippen molar-refractivity contribution in [3.8, 4) is 0 Å². The van der Waals surface area contributed by atoms with Crippen LogP contribution in [0.4, 0.5) is 16.3 Å². The summed E-state index contributed by atoms with van der Waals surface area (Å²) in [5.41, 5.74) is 2.69. The molecule has 0 aliphatic carbocycles. The SMILES string of the molecule is CNC(=O)OC(C(C)C)N1C(=O)Cc2cc(CCN3CCN(c4nsc5ccccc45)CC3)c(Cl)cc21. The first-order chi connectivity index (χ1) is 17.9. The third-order valence-electron chi connectivity index (χ3n) is 7.10. The van der Waals surface area contributed by atoms with Crippen molar-refractivity contribution >= 4 is 56.7 Å². The Morgan fingerprint density at radius 2 is 1.95 bits per heavy atom. The van der Waals surface area contributed by atoms with E-state index in [1.54, 1.807) is 16.4 Å². The van der Waals surface area contributed by atoms with Crippen molar-refractivity contribution < 1.29 is 14.3 Å². The van der Waals surface area contributed by atoms with Crippen LogP contribution < -0.4 is 15.1 Å². The number of rotatable bonds is 7. The molecule has 196 valence electrons. The van der Waals surface area contributed by atoms with E-state index >= 15 is 0 Å². The molecular formula is C27H32ClN5O3S. The lowest BCUT2D eigenvalue weighted by Gasteiger charge is -2.35. The highest BCUT2D eigenvalue weighted by molar-refractivity contribution is 7.13. The predicted molar refractivity (Wildman–Crippen MR) is 149 cm³/mol. The smallest absolute Gasteiger partial charge is 0.408 e. The minimum Gasteiger partial charge on any atom is -0.425 e. The molecule has 0 saturated carbocycles. The normalized spacial score (nSPS) is 16.9. The van der Waals surface area contributed by atoms with Crippen LogP contribution >= 0.6 is 23.1 Å². The van der Waals surface area contributed by atoms with Gasteiger partial charge in [0, 0.05) is 56.1 Å². The number of nitrogens with one attached hydrogen (secondary N) is 1. The molecule has 1 aromatic heterocycles. The van der Waals surface area contributed by atoms with Gasteiger partial charge in [0.25, 0.3) is 0 Å².